The number of halogens is 1. The van der Waals surface area contributed by atoms with Gasteiger partial charge in [0.1, 0.15) is 16.5 Å². The summed E-state index contributed by atoms with van der Waals surface area (Å²) in [6, 6.07) is 6.08. The molecule has 0 aliphatic rings. The maximum Gasteiger partial charge on any atom is 0.248 e. The lowest BCUT2D eigenvalue weighted by Crippen LogP contribution is -2.11. The standard InChI is InChI=1S/C13H12ClN3O3/c1-19-9-2-7(12(16)18)3-10(5-9)20-13-11(14)4-8(15)6-17-13/h2-6H,15H2,1H3,(H2,16,18). The summed E-state index contributed by atoms with van der Waals surface area (Å²) in [5, 5.41) is 0.258. The van der Waals surface area contributed by atoms with Crippen LogP contribution in [0.15, 0.2) is 30.5 Å². The fraction of sp³-hybridized carbons (Fsp3) is 0.0769. The molecule has 0 atom stereocenters. The van der Waals surface area contributed by atoms with Crippen molar-refractivity contribution in [3.63, 3.8) is 0 Å². The van der Waals surface area contributed by atoms with Gasteiger partial charge in [-0.05, 0) is 18.2 Å². The van der Waals surface area contributed by atoms with Gasteiger partial charge in [0, 0.05) is 11.6 Å². The fourth-order valence-electron chi connectivity index (χ4n) is 1.52. The first-order valence-corrected chi connectivity index (χ1v) is 5.95. The van der Waals surface area contributed by atoms with Crippen molar-refractivity contribution in [3.8, 4) is 17.4 Å². The normalized spacial score (nSPS) is 10.1. The van der Waals surface area contributed by atoms with Crippen molar-refractivity contribution in [2.24, 2.45) is 5.73 Å². The predicted octanol–water partition coefficient (Wildman–Crippen LogP) is 2.22. The Morgan fingerprint density at radius 3 is 2.55 bits per heavy atom. The Balaban J connectivity index is 2.37. The number of anilines is 1. The van der Waals surface area contributed by atoms with Crippen LogP contribution < -0.4 is 20.9 Å². The molecule has 0 saturated heterocycles. The first-order valence-electron chi connectivity index (χ1n) is 5.57. The molecule has 1 aromatic heterocycles. The van der Waals surface area contributed by atoms with Crippen molar-refractivity contribution in [3.05, 3.63) is 41.0 Å². The van der Waals surface area contributed by atoms with Gasteiger partial charge in [0.25, 0.3) is 0 Å². The van der Waals surface area contributed by atoms with E-state index in [4.69, 9.17) is 32.5 Å². The number of amides is 1. The molecule has 4 N–H and O–H groups in total. The largest absolute Gasteiger partial charge is 0.497 e. The molecule has 104 valence electrons. The third kappa shape index (κ3) is 3.10. The van der Waals surface area contributed by atoms with Gasteiger partial charge in [-0.3, -0.25) is 4.79 Å². The Morgan fingerprint density at radius 1 is 1.25 bits per heavy atom. The highest BCUT2D eigenvalue weighted by Crippen LogP contribution is 2.31. The fourth-order valence-corrected chi connectivity index (χ4v) is 1.73. The number of benzene rings is 1. The molecule has 0 aliphatic heterocycles. The molecule has 0 unspecified atom stereocenters. The van der Waals surface area contributed by atoms with E-state index in [9.17, 15) is 4.79 Å². The summed E-state index contributed by atoms with van der Waals surface area (Å²) >= 11 is 5.97. The third-order valence-corrected chi connectivity index (χ3v) is 2.71. The van der Waals surface area contributed by atoms with Gasteiger partial charge < -0.3 is 20.9 Å². The van der Waals surface area contributed by atoms with Crippen LogP contribution in [0.5, 0.6) is 17.4 Å². The number of primary amides is 1. The number of rotatable bonds is 4. The molecule has 7 heteroatoms. The van der Waals surface area contributed by atoms with E-state index in [1.54, 1.807) is 6.07 Å². The molecule has 20 heavy (non-hydrogen) atoms. The number of nitrogen functional groups attached to an aromatic ring is 1. The molecule has 0 bridgehead atoms. The number of nitrogens with zero attached hydrogens (tertiary/aromatic N) is 1. The topological polar surface area (TPSA) is 100 Å². The molecular formula is C13H12ClN3O3. The zero-order valence-corrected chi connectivity index (χ0v) is 11.3. The Morgan fingerprint density at radius 2 is 1.95 bits per heavy atom. The van der Waals surface area contributed by atoms with E-state index in [2.05, 4.69) is 4.98 Å². The number of hydrogen-bond acceptors (Lipinski definition) is 5. The van der Waals surface area contributed by atoms with Crippen LogP contribution in [-0.2, 0) is 0 Å². The van der Waals surface area contributed by atoms with E-state index in [0.29, 0.717) is 17.2 Å². The Bertz CT molecular complexity index is 661. The first kappa shape index (κ1) is 14.0. The molecular weight excluding hydrogens is 282 g/mol. The number of pyridine rings is 1. The molecule has 1 heterocycles. The van der Waals surface area contributed by atoms with Gasteiger partial charge in [0.2, 0.25) is 11.8 Å². The number of hydrogen-bond donors (Lipinski definition) is 2. The van der Waals surface area contributed by atoms with Gasteiger partial charge in [0.15, 0.2) is 0 Å². The van der Waals surface area contributed by atoms with Gasteiger partial charge in [-0.1, -0.05) is 11.6 Å². The van der Waals surface area contributed by atoms with E-state index < -0.39 is 5.91 Å². The van der Waals surface area contributed by atoms with Gasteiger partial charge in [-0.2, -0.15) is 0 Å². The van der Waals surface area contributed by atoms with E-state index in [1.807, 2.05) is 0 Å². The predicted molar refractivity (Wildman–Crippen MR) is 75.2 cm³/mol. The smallest absolute Gasteiger partial charge is 0.248 e. The summed E-state index contributed by atoms with van der Waals surface area (Å²) in [4.78, 5) is 15.2. The summed E-state index contributed by atoms with van der Waals surface area (Å²) in [7, 11) is 1.47. The monoisotopic (exact) mass is 293 g/mol. The van der Waals surface area contributed by atoms with Crippen LogP contribution in [-0.4, -0.2) is 18.0 Å². The summed E-state index contributed by atoms with van der Waals surface area (Å²) in [5.41, 5.74) is 11.5. The summed E-state index contributed by atoms with van der Waals surface area (Å²) in [6.07, 6.45) is 1.41. The second-order valence-corrected chi connectivity index (χ2v) is 4.33. The van der Waals surface area contributed by atoms with Crippen LogP contribution in [0.25, 0.3) is 0 Å². The molecule has 1 amide bonds. The Labute approximate surface area is 120 Å². The van der Waals surface area contributed by atoms with Gasteiger partial charge in [0.05, 0.1) is 19.0 Å². The molecule has 0 radical (unpaired) electrons. The quantitative estimate of drug-likeness (QED) is 0.900. The van der Waals surface area contributed by atoms with Crippen molar-refractivity contribution in [2.45, 2.75) is 0 Å². The molecule has 0 saturated carbocycles. The van der Waals surface area contributed by atoms with Crippen molar-refractivity contribution in [1.82, 2.24) is 4.98 Å². The van der Waals surface area contributed by atoms with Crippen molar-refractivity contribution in [2.75, 3.05) is 12.8 Å². The molecule has 2 rings (SSSR count). The van der Waals surface area contributed by atoms with Crippen molar-refractivity contribution < 1.29 is 14.3 Å². The van der Waals surface area contributed by atoms with E-state index in [0.717, 1.165) is 0 Å². The molecule has 6 nitrogen and oxygen atoms in total. The highest BCUT2D eigenvalue weighted by atomic mass is 35.5. The summed E-state index contributed by atoms with van der Waals surface area (Å²) in [6.45, 7) is 0. The molecule has 0 spiro atoms. The minimum absolute atomic E-state index is 0.171. The van der Waals surface area contributed by atoms with Gasteiger partial charge in [-0.15, -0.1) is 0 Å². The van der Waals surface area contributed by atoms with Crippen molar-refractivity contribution >= 4 is 23.2 Å². The lowest BCUT2D eigenvalue weighted by Gasteiger charge is -2.09. The van der Waals surface area contributed by atoms with Crippen molar-refractivity contribution in [1.29, 1.82) is 0 Å². The Kier molecular flexibility index (Phi) is 3.95. The third-order valence-electron chi connectivity index (χ3n) is 2.44. The van der Waals surface area contributed by atoms with Crippen LogP contribution in [0, 0.1) is 0 Å². The van der Waals surface area contributed by atoms with E-state index in [-0.39, 0.29) is 16.5 Å². The second-order valence-electron chi connectivity index (χ2n) is 3.92. The second kappa shape index (κ2) is 5.66. The average molecular weight is 294 g/mol. The minimum atomic E-state index is -0.592. The average Bonchev–Trinajstić information content (AvgIpc) is 2.41. The van der Waals surface area contributed by atoms with Crippen LogP contribution in [0.1, 0.15) is 10.4 Å². The molecule has 0 aliphatic carbocycles. The maximum absolute atomic E-state index is 11.2. The van der Waals surface area contributed by atoms with Crippen LogP contribution in [0.2, 0.25) is 5.02 Å². The first-order chi connectivity index (χ1) is 9.49. The minimum Gasteiger partial charge on any atom is -0.497 e. The van der Waals surface area contributed by atoms with Gasteiger partial charge >= 0.3 is 0 Å². The number of methoxy groups -OCH3 is 1. The lowest BCUT2D eigenvalue weighted by atomic mass is 10.2. The number of carbonyl (C=O) groups excluding carboxylic acids is 1. The Hall–Kier alpha value is -2.47. The van der Waals surface area contributed by atoms with Crippen LogP contribution in [0.3, 0.4) is 0 Å². The highest BCUT2D eigenvalue weighted by molar-refractivity contribution is 6.32. The van der Waals surface area contributed by atoms with Gasteiger partial charge in [-0.25, -0.2) is 4.98 Å². The van der Waals surface area contributed by atoms with E-state index >= 15 is 0 Å². The molecule has 2 aromatic rings. The molecule has 0 fully saturated rings. The summed E-state index contributed by atoms with van der Waals surface area (Å²) in [5.74, 6) is 0.342. The number of aromatic nitrogens is 1. The summed E-state index contributed by atoms with van der Waals surface area (Å²) < 4.78 is 10.6. The SMILES string of the molecule is COc1cc(Oc2ncc(N)cc2Cl)cc(C(N)=O)c1. The number of carbonyl (C=O) groups is 1. The highest BCUT2D eigenvalue weighted by Gasteiger charge is 2.10. The maximum atomic E-state index is 11.2. The van der Waals surface area contributed by atoms with Crippen LogP contribution in [0.4, 0.5) is 5.69 Å². The van der Waals surface area contributed by atoms with Crippen LogP contribution >= 0.6 is 11.6 Å². The van der Waals surface area contributed by atoms with E-state index in [1.165, 1.54) is 31.5 Å². The zero-order valence-electron chi connectivity index (χ0n) is 10.6. The zero-order chi connectivity index (χ0) is 14.7. The molecule has 1 aromatic carbocycles. The number of nitrogens with two attached hydrogens (primary N) is 2. The number of ether oxygens (including phenoxy) is 2. The lowest BCUT2D eigenvalue weighted by molar-refractivity contribution is 0.0999.